The van der Waals surface area contributed by atoms with Gasteiger partial charge in [-0.25, -0.2) is 4.79 Å². The Morgan fingerprint density at radius 2 is 1.80 bits per heavy atom. The van der Waals surface area contributed by atoms with E-state index in [2.05, 4.69) is 13.0 Å². The van der Waals surface area contributed by atoms with Crippen molar-refractivity contribution in [3.05, 3.63) is 93.4 Å². The topological polar surface area (TPSA) is 72.1 Å². The van der Waals surface area contributed by atoms with Gasteiger partial charge in [-0.05, 0) is 47.7 Å². The van der Waals surface area contributed by atoms with Crippen LogP contribution < -0.4 is 5.56 Å². The molecule has 5 nitrogen and oxygen atoms in total. The SMILES string of the molecule is CCCCc1ccc(C(=O)OC)c(=O)n1Cc1ccc(-c2ccccc2C#N)cc1. The Bertz CT molecular complexity index is 1140. The number of hydrogen-bond donors (Lipinski definition) is 0. The number of esters is 1. The maximum atomic E-state index is 13.0. The number of rotatable bonds is 7. The van der Waals surface area contributed by atoms with Gasteiger partial charge in [0.05, 0.1) is 25.3 Å². The number of aryl methyl sites for hydroxylation is 1. The molecule has 0 saturated heterocycles. The molecule has 0 saturated carbocycles. The highest BCUT2D eigenvalue weighted by Gasteiger charge is 2.16. The summed E-state index contributed by atoms with van der Waals surface area (Å²) in [7, 11) is 1.27. The second kappa shape index (κ2) is 9.71. The van der Waals surface area contributed by atoms with Crippen LogP contribution in [0.3, 0.4) is 0 Å². The van der Waals surface area contributed by atoms with E-state index in [1.165, 1.54) is 7.11 Å². The Balaban J connectivity index is 1.96. The van der Waals surface area contributed by atoms with Crippen molar-refractivity contribution in [2.24, 2.45) is 0 Å². The molecule has 0 spiro atoms. The van der Waals surface area contributed by atoms with Crippen LogP contribution in [0.25, 0.3) is 11.1 Å². The van der Waals surface area contributed by atoms with Gasteiger partial charge in [-0.2, -0.15) is 5.26 Å². The molecular formula is C25H24N2O3. The normalized spacial score (nSPS) is 10.4. The van der Waals surface area contributed by atoms with Gasteiger partial charge >= 0.3 is 5.97 Å². The van der Waals surface area contributed by atoms with E-state index in [1.807, 2.05) is 48.5 Å². The fraction of sp³-hybridized carbons (Fsp3) is 0.240. The van der Waals surface area contributed by atoms with Crippen molar-refractivity contribution >= 4 is 5.97 Å². The van der Waals surface area contributed by atoms with Crippen molar-refractivity contribution < 1.29 is 9.53 Å². The lowest BCUT2D eigenvalue weighted by molar-refractivity contribution is 0.0598. The lowest BCUT2D eigenvalue weighted by Gasteiger charge is -2.15. The minimum Gasteiger partial charge on any atom is -0.465 e. The van der Waals surface area contributed by atoms with Crippen LogP contribution >= 0.6 is 0 Å². The molecule has 3 rings (SSSR count). The van der Waals surface area contributed by atoms with Gasteiger partial charge < -0.3 is 9.30 Å². The monoisotopic (exact) mass is 400 g/mol. The third-order valence-corrected chi connectivity index (χ3v) is 5.11. The third-order valence-electron chi connectivity index (χ3n) is 5.11. The van der Waals surface area contributed by atoms with Gasteiger partial charge in [0.15, 0.2) is 0 Å². The predicted molar refractivity (Wildman–Crippen MR) is 116 cm³/mol. The van der Waals surface area contributed by atoms with Crippen molar-refractivity contribution in [2.75, 3.05) is 7.11 Å². The number of unbranched alkanes of at least 4 members (excludes halogenated alkanes) is 1. The summed E-state index contributed by atoms with van der Waals surface area (Å²) < 4.78 is 6.40. The average molecular weight is 400 g/mol. The van der Waals surface area contributed by atoms with Crippen LogP contribution in [-0.2, 0) is 17.7 Å². The van der Waals surface area contributed by atoms with E-state index in [0.29, 0.717) is 12.1 Å². The molecule has 0 aliphatic rings. The molecule has 1 heterocycles. The van der Waals surface area contributed by atoms with E-state index in [-0.39, 0.29) is 11.1 Å². The van der Waals surface area contributed by atoms with Gasteiger partial charge in [-0.3, -0.25) is 4.79 Å². The van der Waals surface area contributed by atoms with Crippen LogP contribution in [-0.4, -0.2) is 17.6 Å². The zero-order valence-corrected chi connectivity index (χ0v) is 17.2. The Morgan fingerprint density at radius 1 is 1.07 bits per heavy atom. The zero-order valence-electron chi connectivity index (χ0n) is 17.2. The fourth-order valence-corrected chi connectivity index (χ4v) is 3.44. The van der Waals surface area contributed by atoms with E-state index >= 15 is 0 Å². The second-order valence-electron chi connectivity index (χ2n) is 7.08. The second-order valence-corrected chi connectivity index (χ2v) is 7.08. The molecule has 0 unspecified atom stereocenters. The third kappa shape index (κ3) is 4.49. The Morgan fingerprint density at radius 3 is 2.47 bits per heavy atom. The molecule has 152 valence electrons. The van der Waals surface area contributed by atoms with Crippen molar-refractivity contribution in [2.45, 2.75) is 32.7 Å². The van der Waals surface area contributed by atoms with Crippen molar-refractivity contribution in [1.82, 2.24) is 4.57 Å². The fourth-order valence-electron chi connectivity index (χ4n) is 3.44. The molecule has 5 heteroatoms. The van der Waals surface area contributed by atoms with E-state index in [4.69, 9.17) is 4.74 Å². The number of carbonyl (C=O) groups excluding carboxylic acids is 1. The lowest BCUT2D eigenvalue weighted by atomic mass is 9.99. The Kier molecular flexibility index (Phi) is 6.82. The number of pyridine rings is 1. The molecule has 0 aliphatic carbocycles. The van der Waals surface area contributed by atoms with Crippen molar-refractivity contribution in [1.29, 1.82) is 5.26 Å². The summed E-state index contributed by atoms with van der Waals surface area (Å²) in [6.45, 7) is 2.46. The summed E-state index contributed by atoms with van der Waals surface area (Å²) in [4.78, 5) is 24.9. The Hall–Kier alpha value is -3.65. The number of nitriles is 1. The standard InChI is InChI=1S/C25H24N2O3/c1-3-4-8-21-14-15-23(25(29)30-2)24(28)27(21)17-18-10-12-19(13-11-18)22-9-6-5-7-20(22)16-26/h5-7,9-15H,3-4,8,17H2,1-2H3. The summed E-state index contributed by atoms with van der Waals surface area (Å²) >= 11 is 0. The van der Waals surface area contributed by atoms with Gasteiger partial charge in [0.2, 0.25) is 0 Å². The van der Waals surface area contributed by atoms with E-state index in [0.717, 1.165) is 41.6 Å². The number of hydrogen-bond acceptors (Lipinski definition) is 4. The molecule has 0 atom stereocenters. The molecule has 1 aromatic heterocycles. The Labute approximate surface area is 176 Å². The summed E-state index contributed by atoms with van der Waals surface area (Å²) in [6.07, 6.45) is 2.74. The smallest absolute Gasteiger partial charge is 0.343 e. The first-order chi connectivity index (χ1) is 14.6. The van der Waals surface area contributed by atoms with Crippen LogP contribution in [0.15, 0.2) is 65.5 Å². The first-order valence-electron chi connectivity index (χ1n) is 9.98. The molecule has 0 fully saturated rings. The molecule has 0 radical (unpaired) electrons. The number of nitrogens with zero attached hydrogens (tertiary/aromatic N) is 2. The number of methoxy groups -OCH3 is 1. The first kappa shape index (κ1) is 21.1. The average Bonchev–Trinajstić information content (AvgIpc) is 2.79. The molecule has 3 aromatic rings. The number of aromatic nitrogens is 1. The molecule has 30 heavy (non-hydrogen) atoms. The van der Waals surface area contributed by atoms with Crippen LogP contribution in [0.4, 0.5) is 0 Å². The molecule has 0 amide bonds. The van der Waals surface area contributed by atoms with E-state index in [9.17, 15) is 14.9 Å². The van der Waals surface area contributed by atoms with Gasteiger partial charge in [-0.15, -0.1) is 0 Å². The highest BCUT2D eigenvalue weighted by molar-refractivity contribution is 5.88. The zero-order chi connectivity index (χ0) is 21.5. The van der Waals surface area contributed by atoms with Crippen LogP contribution in [0.5, 0.6) is 0 Å². The molecular weight excluding hydrogens is 376 g/mol. The minimum atomic E-state index is -0.626. The number of carbonyl (C=O) groups is 1. The minimum absolute atomic E-state index is 0.0392. The molecule has 0 bridgehead atoms. The number of benzene rings is 2. The molecule has 0 N–H and O–H groups in total. The van der Waals surface area contributed by atoms with Crippen LogP contribution in [0, 0.1) is 11.3 Å². The number of ether oxygens (including phenoxy) is 1. The van der Waals surface area contributed by atoms with Crippen LogP contribution in [0.2, 0.25) is 0 Å². The quantitative estimate of drug-likeness (QED) is 0.545. The maximum absolute atomic E-state index is 13.0. The van der Waals surface area contributed by atoms with Crippen LogP contribution in [0.1, 0.15) is 46.9 Å². The highest BCUT2D eigenvalue weighted by atomic mass is 16.5. The lowest BCUT2D eigenvalue weighted by Crippen LogP contribution is -2.29. The molecule has 2 aromatic carbocycles. The van der Waals surface area contributed by atoms with Gasteiger partial charge in [0, 0.05) is 5.69 Å². The van der Waals surface area contributed by atoms with E-state index in [1.54, 1.807) is 16.7 Å². The van der Waals surface area contributed by atoms with Crippen molar-refractivity contribution in [3.8, 4) is 17.2 Å². The van der Waals surface area contributed by atoms with Gasteiger partial charge in [-0.1, -0.05) is 55.8 Å². The summed E-state index contributed by atoms with van der Waals surface area (Å²) in [5, 5.41) is 9.33. The summed E-state index contributed by atoms with van der Waals surface area (Å²) in [5.74, 6) is -0.626. The van der Waals surface area contributed by atoms with Gasteiger partial charge in [0.25, 0.3) is 5.56 Å². The predicted octanol–water partition coefficient (Wildman–Crippen LogP) is 4.56. The van der Waals surface area contributed by atoms with Crippen molar-refractivity contribution in [3.63, 3.8) is 0 Å². The maximum Gasteiger partial charge on any atom is 0.343 e. The summed E-state index contributed by atoms with van der Waals surface area (Å²) in [5.41, 5.74) is 3.97. The first-order valence-corrected chi connectivity index (χ1v) is 9.98. The van der Waals surface area contributed by atoms with E-state index < -0.39 is 5.97 Å². The largest absolute Gasteiger partial charge is 0.465 e. The molecule has 0 aliphatic heterocycles. The summed E-state index contributed by atoms with van der Waals surface area (Å²) in [6, 6.07) is 20.9. The highest BCUT2D eigenvalue weighted by Crippen LogP contribution is 2.23. The van der Waals surface area contributed by atoms with Gasteiger partial charge in [0.1, 0.15) is 5.56 Å².